The number of hydrogen-bond donors (Lipinski definition) is 1. The van der Waals surface area contributed by atoms with Crippen LogP contribution in [0.4, 0.5) is 0 Å². The Morgan fingerprint density at radius 2 is 2.12 bits per heavy atom. The molecule has 0 heterocycles. The SMILES string of the molecule is C#C[C@]1(O)CC[C@H]2[C@@H]3CCC4=CCCC[C@@H]4[C@@]3(C)C(=C)C[C@@]21CC. The van der Waals surface area contributed by atoms with Gasteiger partial charge in [-0.2, -0.15) is 0 Å². The molecular weight excluding hydrogens is 292 g/mol. The minimum absolute atomic E-state index is 0.140. The van der Waals surface area contributed by atoms with E-state index >= 15 is 0 Å². The highest BCUT2D eigenvalue weighted by molar-refractivity contribution is 5.36. The smallest absolute Gasteiger partial charge is 0.131 e. The van der Waals surface area contributed by atoms with Crippen molar-refractivity contribution < 1.29 is 5.11 Å². The van der Waals surface area contributed by atoms with Crippen LogP contribution in [0.3, 0.4) is 0 Å². The van der Waals surface area contributed by atoms with Crippen LogP contribution in [0.15, 0.2) is 23.8 Å². The Hall–Kier alpha value is -1.00. The van der Waals surface area contributed by atoms with Gasteiger partial charge in [0.1, 0.15) is 5.60 Å². The molecule has 6 atom stereocenters. The van der Waals surface area contributed by atoms with E-state index in [1.807, 2.05) is 0 Å². The molecule has 0 radical (unpaired) electrons. The molecule has 0 saturated heterocycles. The molecule has 130 valence electrons. The summed E-state index contributed by atoms with van der Waals surface area (Å²) in [5.41, 5.74) is 2.22. The van der Waals surface area contributed by atoms with Gasteiger partial charge < -0.3 is 5.11 Å². The highest BCUT2D eigenvalue weighted by Gasteiger charge is 2.67. The van der Waals surface area contributed by atoms with Gasteiger partial charge in [-0.25, -0.2) is 0 Å². The van der Waals surface area contributed by atoms with Gasteiger partial charge in [-0.05, 0) is 81.0 Å². The van der Waals surface area contributed by atoms with Crippen molar-refractivity contribution in [1.29, 1.82) is 0 Å². The number of hydrogen-bond acceptors (Lipinski definition) is 1. The molecule has 0 aromatic carbocycles. The lowest BCUT2D eigenvalue weighted by atomic mass is 9.42. The number of fused-ring (bicyclic) bond motifs is 5. The predicted molar refractivity (Wildman–Crippen MR) is 99.2 cm³/mol. The molecule has 1 nitrogen and oxygen atoms in total. The van der Waals surface area contributed by atoms with Crippen molar-refractivity contribution in [3.05, 3.63) is 23.8 Å². The molecule has 0 unspecified atom stereocenters. The fraction of sp³-hybridized carbons (Fsp3) is 0.739. The van der Waals surface area contributed by atoms with Crippen molar-refractivity contribution in [1.82, 2.24) is 0 Å². The highest BCUT2D eigenvalue weighted by Crippen LogP contribution is 2.71. The first-order chi connectivity index (χ1) is 11.4. The minimum atomic E-state index is -0.931. The van der Waals surface area contributed by atoms with E-state index in [0.29, 0.717) is 17.8 Å². The van der Waals surface area contributed by atoms with Crippen LogP contribution in [0.5, 0.6) is 0 Å². The molecule has 0 spiro atoms. The minimum Gasteiger partial charge on any atom is -0.377 e. The Balaban J connectivity index is 1.81. The number of terminal acetylenes is 1. The van der Waals surface area contributed by atoms with E-state index in [4.69, 9.17) is 6.42 Å². The second kappa shape index (κ2) is 5.25. The van der Waals surface area contributed by atoms with Crippen molar-refractivity contribution in [3.63, 3.8) is 0 Å². The fourth-order valence-corrected chi connectivity index (χ4v) is 7.43. The van der Waals surface area contributed by atoms with Gasteiger partial charge in [0.2, 0.25) is 0 Å². The van der Waals surface area contributed by atoms with Crippen molar-refractivity contribution in [2.24, 2.45) is 28.6 Å². The van der Waals surface area contributed by atoms with Crippen LogP contribution in [0.1, 0.15) is 71.6 Å². The molecule has 4 aliphatic carbocycles. The van der Waals surface area contributed by atoms with E-state index < -0.39 is 5.60 Å². The van der Waals surface area contributed by atoms with Crippen molar-refractivity contribution in [3.8, 4) is 12.3 Å². The fourth-order valence-electron chi connectivity index (χ4n) is 7.43. The second-order valence-corrected chi connectivity index (χ2v) is 9.13. The topological polar surface area (TPSA) is 20.2 Å². The molecule has 0 aromatic rings. The summed E-state index contributed by atoms with van der Waals surface area (Å²) < 4.78 is 0. The van der Waals surface area contributed by atoms with E-state index in [1.165, 1.54) is 37.7 Å². The van der Waals surface area contributed by atoms with Crippen LogP contribution in [-0.4, -0.2) is 10.7 Å². The zero-order valence-electron chi connectivity index (χ0n) is 15.4. The quantitative estimate of drug-likeness (QED) is 0.515. The molecule has 24 heavy (non-hydrogen) atoms. The molecule has 4 rings (SSSR count). The lowest BCUT2D eigenvalue weighted by molar-refractivity contribution is -0.102. The average molecular weight is 325 g/mol. The molecule has 4 aliphatic rings. The number of allylic oxidation sites excluding steroid dienone is 3. The van der Waals surface area contributed by atoms with Gasteiger partial charge in [0.25, 0.3) is 0 Å². The molecule has 0 bridgehead atoms. The maximum Gasteiger partial charge on any atom is 0.131 e. The van der Waals surface area contributed by atoms with Crippen LogP contribution in [-0.2, 0) is 0 Å². The first-order valence-corrected chi connectivity index (χ1v) is 10.0. The third-order valence-electron chi connectivity index (χ3n) is 8.79. The summed E-state index contributed by atoms with van der Waals surface area (Å²) in [4.78, 5) is 0. The monoisotopic (exact) mass is 324 g/mol. The summed E-state index contributed by atoms with van der Waals surface area (Å²) in [5.74, 6) is 4.70. The summed E-state index contributed by atoms with van der Waals surface area (Å²) in [6, 6.07) is 0. The van der Waals surface area contributed by atoms with Crippen LogP contribution in [0.25, 0.3) is 0 Å². The average Bonchev–Trinajstić information content (AvgIpc) is 2.89. The molecule has 3 saturated carbocycles. The summed E-state index contributed by atoms with van der Waals surface area (Å²) >= 11 is 0. The lowest BCUT2D eigenvalue weighted by Crippen LogP contribution is -2.57. The largest absolute Gasteiger partial charge is 0.377 e. The molecule has 1 heteroatoms. The predicted octanol–water partition coefficient (Wildman–Crippen LogP) is 5.26. The van der Waals surface area contributed by atoms with Gasteiger partial charge in [0.05, 0.1) is 0 Å². The van der Waals surface area contributed by atoms with E-state index in [1.54, 1.807) is 5.57 Å². The van der Waals surface area contributed by atoms with Gasteiger partial charge in [-0.15, -0.1) is 6.42 Å². The second-order valence-electron chi connectivity index (χ2n) is 9.13. The number of rotatable bonds is 1. The molecule has 0 amide bonds. The van der Waals surface area contributed by atoms with E-state index in [0.717, 1.165) is 25.7 Å². The summed E-state index contributed by atoms with van der Waals surface area (Å²) in [6.07, 6.45) is 18.5. The standard InChI is InChI=1S/C23H32O/c1-5-22-15-16(3)21(4)18-10-8-7-9-17(18)11-12-19(21)20(22)13-14-23(22,24)6-2/h2,9,18-20,24H,3,5,7-8,10-15H2,1,4H3/t18-,19-,20-,21+,22-,23-/m0/s1. The van der Waals surface area contributed by atoms with E-state index in [9.17, 15) is 5.11 Å². The first kappa shape index (κ1) is 16.5. The normalized spacial score (nSPS) is 50.3. The van der Waals surface area contributed by atoms with Crippen LogP contribution in [0, 0.1) is 40.9 Å². The van der Waals surface area contributed by atoms with Crippen LogP contribution >= 0.6 is 0 Å². The van der Waals surface area contributed by atoms with Crippen molar-refractivity contribution in [2.45, 2.75) is 77.2 Å². The molecular formula is C23H32O. The Kier molecular flexibility index (Phi) is 3.60. The van der Waals surface area contributed by atoms with E-state index in [2.05, 4.69) is 32.4 Å². The Bertz CT molecular complexity index is 637. The lowest BCUT2D eigenvalue weighted by Gasteiger charge is -2.62. The van der Waals surface area contributed by atoms with Gasteiger partial charge in [0.15, 0.2) is 0 Å². The van der Waals surface area contributed by atoms with Gasteiger partial charge in [0, 0.05) is 5.41 Å². The Morgan fingerprint density at radius 3 is 2.83 bits per heavy atom. The first-order valence-electron chi connectivity index (χ1n) is 10.0. The number of aliphatic hydroxyl groups is 1. The van der Waals surface area contributed by atoms with Gasteiger partial charge >= 0.3 is 0 Å². The van der Waals surface area contributed by atoms with Gasteiger partial charge in [-0.1, -0.05) is 43.6 Å². The molecule has 1 N–H and O–H groups in total. The maximum atomic E-state index is 11.3. The van der Waals surface area contributed by atoms with E-state index in [-0.39, 0.29) is 10.8 Å². The van der Waals surface area contributed by atoms with Gasteiger partial charge in [-0.3, -0.25) is 0 Å². The zero-order valence-corrected chi connectivity index (χ0v) is 15.4. The third-order valence-corrected chi connectivity index (χ3v) is 8.79. The Labute approximate surface area is 147 Å². The zero-order chi connectivity index (χ0) is 17.2. The molecule has 3 fully saturated rings. The van der Waals surface area contributed by atoms with Crippen molar-refractivity contribution in [2.75, 3.05) is 0 Å². The molecule has 0 aromatic heterocycles. The molecule has 0 aliphatic heterocycles. The van der Waals surface area contributed by atoms with Crippen molar-refractivity contribution >= 4 is 0 Å². The summed E-state index contributed by atoms with van der Waals surface area (Å²) in [6.45, 7) is 9.33. The Morgan fingerprint density at radius 1 is 1.33 bits per heavy atom. The van der Waals surface area contributed by atoms with Crippen LogP contribution < -0.4 is 0 Å². The summed E-state index contributed by atoms with van der Waals surface area (Å²) in [7, 11) is 0. The van der Waals surface area contributed by atoms with Crippen LogP contribution in [0.2, 0.25) is 0 Å². The summed E-state index contributed by atoms with van der Waals surface area (Å²) in [5, 5.41) is 11.3. The maximum absolute atomic E-state index is 11.3. The highest BCUT2D eigenvalue weighted by atomic mass is 16.3. The third kappa shape index (κ3) is 1.76.